The molecule has 1 fully saturated rings. The summed E-state index contributed by atoms with van der Waals surface area (Å²) in [4.78, 5) is 37.1. The summed E-state index contributed by atoms with van der Waals surface area (Å²) in [5.74, 6) is -4.98. The van der Waals surface area contributed by atoms with Crippen LogP contribution in [0.5, 0.6) is 0 Å². The minimum atomic E-state index is -1.62. The number of esters is 2. The van der Waals surface area contributed by atoms with Crippen LogP contribution in [-0.4, -0.2) is 42.6 Å². The van der Waals surface area contributed by atoms with Gasteiger partial charge in [0.1, 0.15) is 5.92 Å². The predicted molar refractivity (Wildman–Crippen MR) is 88.1 cm³/mol. The molecular weight excluding hydrogens is 380 g/mol. The Morgan fingerprint density at radius 3 is 2.42 bits per heavy atom. The van der Waals surface area contributed by atoms with Crippen molar-refractivity contribution in [3.63, 3.8) is 0 Å². The lowest BCUT2D eigenvalue weighted by atomic mass is 9.62. The van der Waals surface area contributed by atoms with Crippen molar-refractivity contribution in [1.29, 1.82) is 0 Å². The Kier molecular flexibility index (Phi) is 5.45. The third-order valence-electron chi connectivity index (χ3n) is 4.41. The van der Waals surface area contributed by atoms with E-state index in [9.17, 15) is 19.5 Å². The number of carbonyl (C=O) groups is 3. The van der Waals surface area contributed by atoms with Gasteiger partial charge in [-0.2, -0.15) is 0 Å². The van der Waals surface area contributed by atoms with Gasteiger partial charge in [0.05, 0.1) is 25.7 Å². The van der Waals surface area contributed by atoms with E-state index >= 15 is 0 Å². The maximum Gasteiger partial charge on any atom is 0.316 e. The number of methoxy groups -OCH3 is 2. The lowest BCUT2D eigenvalue weighted by Gasteiger charge is -2.43. The molecule has 0 amide bonds. The fourth-order valence-corrected chi connectivity index (χ4v) is 3.80. The molecule has 1 aliphatic carbocycles. The molecule has 0 aromatic heterocycles. The van der Waals surface area contributed by atoms with Gasteiger partial charge in [0.15, 0.2) is 5.78 Å². The van der Waals surface area contributed by atoms with Gasteiger partial charge < -0.3 is 14.6 Å². The number of ether oxygens (including phenoxy) is 2. The van der Waals surface area contributed by atoms with Crippen LogP contribution in [0.3, 0.4) is 0 Å². The molecule has 1 aliphatic rings. The van der Waals surface area contributed by atoms with Crippen LogP contribution in [0.2, 0.25) is 0 Å². The summed E-state index contributed by atoms with van der Waals surface area (Å²) in [5, 5.41) is 10.7. The minimum absolute atomic E-state index is 0.322. The molecule has 0 saturated heterocycles. The molecule has 4 atom stereocenters. The first-order valence-electron chi connectivity index (χ1n) is 7.39. The fourth-order valence-electron chi connectivity index (χ4n) is 3.38. The average molecular weight is 399 g/mol. The predicted octanol–water partition coefficient (Wildman–Crippen LogP) is 1.83. The van der Waals surface area contributed by atoms with Gasteiger partial charge in [-0.1, -0.05) is 28.1 Å². The van der Waals surface area contributed by atoms with Crippen molar-refractivity contribution in [2.75, 3.05) is 14.2 Å². The zero-order chi connectivity index (χ0) is 18.1. The van der Waals surface area contributed by atoms with Crippen molar-refractivity contribution < 1.29 is 29.0 Å². The van der Waals surface area contributed by atoms with E-state index in [1.165, 1.54) is 21.1 Å². The fraction of sp³-hybridized carbons (Fsp3) is 0.471. The number of ketones is 1. The first-order chi connectivity index (χ1) is 11.2. The molecule has 130 valence electrons. The summed E-state index contributed by atoms with van der Waals surface area (Å²) in [6.45, 7) is 1.41. The molecule has 7 heteroatoms. The molecule has 1 aromatic rings. The Morgan fingerprint density at radius 1 is 1.25 bits per heavy atom. The zero-order valence-corrected chi connectivity index (χ0v) is 15.2. The second-order valence-electron chi connectivity index (χ2n) is 6.08. The van der Waals surface area contributed by atoms with Crippen LogP contribution in [0.4, 0.5) is 0 Å². The molecule has 1 N–H and O–H groups in total. The Labute approximate surface area is 148 Å². The molecule has 1 aromatic carbocycles. The molecule has 6 nitrogen and oxygen atoms in total. The number of carbonyl (C=O) groups excluding carboxylic acids is 3. The standard InChI is InChI=1S/C17H19BrO6/c1-17(22)8-11(19)13(15(20)23-2)12(14(17)16(21)24-3)9-5-4-6-10(18)7-9/h4-7,12-14,22H,8H2,1-3H3. The van der Waals surface area contributed by atoms with Crippen LogP contribution in [0, 0.1) is 11.8 Å². The Hall–Kier alpha value is -1.73. The van der Waals surface area contributed by atoms with E-state index in [0.29, 0.717) is 5.56 Å². The molecule has 0 heterocycles. The van der Waals surface area contributed by atoms with Crippen molar-refractivity contribution in [1.82, 2.24) is 0 Å². The maximum atomic E-state index is 12.5. The zero-order valence-electron chi connectivity index (χ0n) is 13.6. The summed E-state index contributed by atoms with van der Waals surface area (Å²) >= 11 is 3.34. The van der Waals surface area contributed by atoms with E-state index in [1.54, 1.807) is 24.3 Å². The molecular formula is C17H19BrO6. The van der Waals surface area contributed by atoms with Gasteiger partial charge in [-0.3, -0.25) is 14.4 Å². The quantitative estimate of drug-likeness (QED) is 0.616. The highest BCUT2D eigenvalue weighted by molar-refractivity contribution is 9.10. The van der Waals surface area contributed by atoms with Gasteiger partial charge in [0.2, 0.25) is 0 Å². The van der Waals surface area contributed by atoms with Gasteiger partial charge in [0.25, 0.3) is 0 Å². The van der Waals surface area contributed by atoms with E-state index < -0.39 is 41.1 Å². The normalized spacial score (nSPS) is 29.9. The molecule has 0 radical (unpaired) electrons. The minimum Gasteiger partial charge on any atom is -0.469 e. The van der Waals surface area contributed by atoms with Crippen LogP contribution in [-0.2, 0) is 23.9 Å². The van der Waals surface area contributed by atoms with Gasteiger partial charge >= 0.3 is 11.9 Å². The smallest absolute Gasteiger partial charge is 0.316 e. The molecule has 2 rings (SSSR count). The van der Waals surface area contributed by atoms with Gasteiger partial charge in [-0.25, -0.2) is 0 Å². The highest BCUT2D eigenvalue weighted by Gasteiger charge is 2.56. The van der Waals surface area contributed by atoms with Gasteiger partial charge in [-0.05, 0) is 24.6 Å². The van der Waals surface area contributed by atoms with E-state index in [4.69, 9.17) is 9.47 Å². The highest BCUT2D eigenvalue weighted by Crippen LogP contribution is 2.46. The Balaban J connectivity index is 2.65. The summed E-state index contributed by atoms with van der Waals surface area (Å²) in [7, 11) is 2.40. The third kappa shape index (κ3) is 3.37. The monoisotopic (exact) mass is 398 g/mol. The molecule has 24 heavy (non-hydrogen) atoms. The van der Waals surface area contributed by atoms with E-state index in [1.807, 2.05) is 0 Å². The molecule has 1 saturated carbocycles. The summed E-state index contributed by atoms with van der Waals surface area (Å²) < 4.78 is 10.3. The van der Waals surface area contributed by atoms with Crippen molar-refractivity contribution in [3.05, 3.63) is 34.3 Å². The first-order valence-corrected chi connectivity index (χ1v) is 8.18. The number of Topliss-reactive ketones (excluding diaryl/α,β-unsaturated/α-hetero) is 1. The third-order valence-corrected chi connectivity index (χ3v) is 4.90. The van der Waals surface area contributed by atoms with Crippen LogP contribution < -0.4 is 0 Å². The second kappa shape index (κ2) is 7.03. The van der Waals surface area contributed by atoms with Crippen molar-refractivity contribution >= 4 is 33.7 Å². The number of benzene rings is 1. The summed E-state index contributed by atoms with van der Waals surface area (Å²) in [6, 6.07) is 6.93. The summed E-state index contributed by atoms with van der Waals surface area (Å²) in [6.07, 6.45) is -0.322. The van der Waals surface area contributed by atoms with E-state index in [2.05, 4.69) is 15.9 Å². The van der Waals surface area contributed by atoms with Crippen LogP contribution in [0.15, 0.2) is 28.7 Å². The van der Waals surface area contributed by atoms with Gasteiger partial charge in [-0.15, -0.1) is 0 Å². The highest BCUT2D eigenvalue weighted by atomic mass is 79.9. The van der Waals surface area contributed by atoms with Crippen LogP contribution in [0.25, 0.3) is 0 Å². The SMILES string of the molecule is COC(=O)C1C(=O)CC(C)(O)C(C(=O)OC)C1c1cccc(Br)c1. The first kappa shape index (κ1) is 18.6. The van der Waals surface area contributed by atoms with E-state index in [0.717, 1.165) is 4.47 Å². The molecule has 0 spiro atoms. The maximum absolute atomic E-state index is 12.5. The number of rotatable bonds is 3. The number of halogens is 1. The molecule has 0 aliphatic heterocycles. The van der Waals surface area contributed by atoms with Crippen LogP contribution in [0.1, 0.15) is 24.8 Å². The van der Waals surface area contributed by atoms with E-state index in [-0.39, 0.29) is 6.42 Å². The van der Waals surface area contributed by atoms with Gasteiger partial charge in [0, 0.05) is 16.8 Å². The summed E-state index contributed by atoms with van der Waals surface area (Å²) in [5.41, 5.74) is -1.05. The molecule has 4 unspecified atom stereocenters. The van der Waals surface area contributed by atoms with Crippen molar-refractivity contribution in [3.8, 4) is 0 Å². The Morgan fingerprint density at radius 2 is 1.88 bits per heavy atom. The number of aliphatic hydroxyl groups is 1. The number of hydrogen-bond acceptors (Lipinski definition) is 6. The topological polar surface area (TPSA) is 89.9 Å². The van der Waals surface area contributed by atoms with Crippen molar-refractivity contribution in [2.24, 2.45) is 11.8 Å². The number of hydrogen-bond donors (Lipinski definition) is 1. The second-order valence-corrected chi connectivity index (χ2v) is 7.00. The van der Waals surface area contributed by atoms with Crippen molar-refractivity contribution in [2.45, 2.75) is 24.9 Å². The Bertz CT molecular complexity index is 669. The lowest BCUT2D eigenvalue weighted by Crippen LogP contribution is -2.55. The average Bonchev–Trinajstić information content (AvgIpc) is 2.52. The van der Waals surface area contributed by atoms with Crippen LogP contribution >= 0.6 is 15.9 Å². The largest absolute Gasteiger partial charge is 0.469 e. The molecule has 0 bridgehead atoms. The lowest BCUT2D eigenvalue weighted by molar-refractivity contribution is -0.170.